The molecule has 3 rings (SSSR count). The van der Waals surface area contributed by atoms with Crippen LogP contribution in [0.3, 0.4) is 0 Å². The highest BCUT2D eigenvalue weighted by molar-refractivity contribution is 7.91. The zero-order valence-electron chi connectivity index (χ0n) is 15.0. The largest absolute Gasteiger partial charge is 0.333 e. The lowest BCUT2D eigenvalue weighted by molar-refractivity contribution is 0.0705. The maximum atomic E-state index is 13.1. The van der Waals surface area contributed by atoms with E-state index in [-0.39, 0.29) is 23.5 Å². The summed E-state index contributed by atoms with van der Waals surface area (Å²) in [5, 5.41) is 0. The van der Waals surface area contributed by atoms with Crippen LogP contribution in [0.2, 0.25) is 0 Å². The molecule has 0 N–H and O–H groups in total. The summed E-state index contributed by atoms with van der Waals surface area (Å²) in [7, 11) is -3.04. The molecule has 25 heavy (non-hydrogen) atoms. The van der Waals surface area contributed by atoms with Gasteiger partial charge in [-0.2, -0.15) is 0 Å². The van der Waals surface area contributed by atoms with Crippen molar-refractivity contribution in [2.24, 2.45) is 5.92 Å². The van der Waals surface area contributed by atoms with Gasteiger partial charge in [0.05, 0.1) is 17.0 Å². The Balaban J connectivity index is 1.98. The van der Waals surface area contributed by atoms with Crippen LogP contribution in [0, 0.1) is 5.92 Å². The van der Waals surface area contributed by atoms with Gasteiger partial charge in [0.25, 0.3) is 5.91 Å². The zero-order chi connectivity index (χ0) is 18.2. The summed E-state index contributed by atoms with van der Waals surface area (Å²) in [5.41, 5.74) is 1.20. The van der Waals surface area contributed by atoms with Gasteiger partial charge in [-0.25, -0.2) is 13.4 Å². The van der Waals surface area contributed by atoms with E-state index in [2.05, 4.69) is 18.8 Å². The van der Waals surface area contributed by atoms with Crippen molar-refractivity contribution in [2.45, 2.75) is 39.7 Å². The Morgan fingerprint density at radius 3 is 2.76 bits per heavy atom. The van der Waals surface area contributed by atoms with Crippen LogP contribution in [0.1, 0.15) is 43.5 Å². The molecule has 0 aromatic carbocycles. The average Bonchev–Trinajstić information content (AvgIpc) is 3.08. The molecule has 1 unspecified atom stereocenters. The van der Waals surface area contributed by atoms with Gasteiger partial charge in [-0.05, 0) is 31.4 Å². The molecule has 1 fully saturated rings. The van der Waals surface area contributed by atoms with Crippen LogP contribution in [0.25, 0.3) is 5.52 Å². The van der Waals surface area contributed by atoms with E-state index in [1.807, 2.05) is 35.7 Å². The summed E-state index contributed by atoms with van der Waals surface area (Å²) < 4.78 is 25.6. The molecule has 3 heterocycles. The summed E-state index contributed by atoms with van der Waals surface area (Å²) >= 11 is 0. The number of rotatable bonds is 5. The van der Waals surface area contributed by atoms with Crippen LogP contribution in [-0.2, 0) is 16.3 Å². The predicted molar refractivity (Wildman–Crippen MR) is 97.5 cm³/mol. The van der Waals surface area contributed by atoms with Crippen LogP contribution in [0.15, 0.2) is 24.4 Å². The molecule has 6 nitrogen and oxygen atoms in total. The molecule has 136 valence electrons. The number of hydrogen-bond donors (Lipinski definition) is 0. The minimum Gasteiger partial charge on any atom is -0.333 e. The molecular formula is C18H25N3O3S. The van der Waals surface area contributed by atoms with Crippen LogP contribution in [0.5, 0.6) is 0 Å². The highest BCUT2D eigenvalue weighted by atomic mass is 32.2. The molecule has 1 saturated heterocycles. The molecule has 0 radical (unpaired) electrons. The minimum atomic E-state index is -3.04. The summed E-state index contributed by atoms with van der Waals surface area (Å²) in [6, 6.07) is 5.46. The first-order valence-electron chi connectivity index (χ1n) is 8.79. The molecule has 1 aliphatic rings. The van der Waals surface area contributed by atoms with E-state index >= 15 is 0 Å². The van der Waals surface area contributed by atoms with Gasteiger partial charge in [0, 0.05) is 25.2 Å². The maximum Gasteiger partial charge on any atom is 0.274 e. The summed E-state index contributed by atoms with van der Waals surface area (Å²) in [4.78, 5) is 19.4. The SMILES string of the molecule is CCN(C(=O)c1nc(CC(C)C)n2ccccc12)C1CCS(=O)(=O)C1. The number of carbonyl (C=O) groups excluding carboxylic acids is 1. The number of imidazole rings is 1. The third-order valence-electron chi connectivity index (χ3n) is 4.67. The molecule has 2 aromatic heterocycles. The van der Waals surface area contributed by atoms with E-state index in [4.69, 9.17) is 0 Å². The quantitative estimate of drug-likeness (QED) is 0.816. The lowest BCUT2D eigenvalue weighted by atomic mass is 10.1. The number of sulfone groups is 1. The van der Waals surface area contributed by atoms with Gasteiger partial charge < -0.3 is 9.30 Å². The molecule has 7 heteroatoms. The van der Waals surface area contributed by atoms with E-state index < -0.39 is 9.84 Å². The van der Waals surface area contributed by atoms with Gasteiger partial charge in [0.2, 0.25) is 0 Å². The van der Waals surface area contributed by atoms with Crippen molar-refractivity contribution in [1.82, 2.24) is 14.3 Å². The molecular weight excluding hydrogens is 338 g/mol. The number of nitrogens with zero attached hydrogens (tertiary/aromatic N) is 3. The van der Waals surface area contributed by atoms with Gasteiger partial charge in [0.15, 0.2) is 15.5 Å². The first-order valence-corrected chi connectivity index (χ1v) is 10.6. The number of carbonyl (C=O) groups is 1. The molecule has 0 bridgehead atoms. The van der Waals surface area contributed by atoms with E-state index in [1.165, 1.54) is 0 Å². The molecule has 0 saturated carbocycles. The Bertz CT molecular complexity index is 886. The van der Waals surface area contributed by atoms with E-state index in [0.717, 1.165) is 17.8 Å². The molecule has 1 amide bonds. The second kappa shape index (κ2) is 6.78. The monoisotopic (exact) mass is 363 g/mol. The maximum absolute atomic E-state index is 13.1. The second-order valence-electron chi connectivity index (χ2n) is 7.08. The first kappa shape index (κ1) is 17.9. The van der Waals surface area contributed by atoms with E-state index in [1.54, 1.807) is 4.90 Å². The molecule has 0 aliphatic carbocycles. The van der Waals surface area contributed by atoms with Crippen molar-refractivity contribution >= 4 is 21.3 Å². The van der Waals surface area contributed by atoms with Gasteiger partial charge in [0.1, 0.15) is 5.82 Å². The van der Waals surface area contributed by atoms with Crippen molar-refractivity contribution in [1.29, 1.82) is 0 Å². The Labute approximate surface area is 148 Å². The summed E-state index contributed by atoms with van der Waals surface area (Å²) in [6.45, 7) is 6.60. The van der Waals surface area contributed by atoms with Gasteiger partial charge >= 0.3 is 0 Å². The smallest absolute Gasteiger partial charge is 0.274 e. The normalized spacial score (nSPS) is 19.6. The highest BCUT2D eigenvalue weighted by Gasteiger charge is 2.35. The predicted octanol–water partition coefficient (Wildman–Crippen LogP) is 2.18. The fourth-order valence-electron chi connectivity index (χ4n) is 3.49. The fraction of sp³-hybridized carbons (Fsp3) is 0.556. The fourth-order valence-corrected chi connectivity index (χ4v) is 5.22. The number of aromatic nitrogens is 2. The van der Waals surface area contributed by atoms with Gasteiger partial charge in [-0.3, -0.25) is 4.79 Å². The van der Waals surface area contributed by atoms with Gasteiger partial charge in [-0.1, -0.05) is 19.9 Å². The van der Waals surface area contributed by atoms with Crippen LogP contribution in [-0.4, -0.2) is 52.7 Å². The highest BCUT2D eigenvalue weighted by Crippen LogP contribution is 2.22. The first-order chi connectivity index (χ1) is 11.8. The van der Waals surface area contributed by atoms with Crippen molar-refractivity contribution in [3.63, 3.8) is 0 Å². The lowest BCUT2D eigenvalue weighted by Gasteiger charge is -2.26. The average molecular weight is 363 g/mol. The number of hydrogen-bond acceptors (Lipinski definition) is 4. The Hall–Kier alpha value is -1.89. The van der Waals surface area contributed by atoms with Crippen LogP contribution >= 0.6 is 0 Å². The summed E-state index contributed by atoms with van der Waals surface area (Å²) in [6.07, 6.45) is 3.21. The number of fused-ring (bicyclic) bond motifs is 1. The second-order valence-corrected chi connectivity index (χ2v) is 9.31. The van der Waals surface area contributed by atoms with Crippen LogP contribution in [0.4, 0.5) is 0 Å². The van der Waals surface area contributed by atoms with Crippen LogP contribution < -0.4 is 0 Å². The lowest BCUT2D eigenvalue weighted by Crippen LogP contribution is -2.41. The molecule has 1 aliphatic heterocycles. The van der Waals surface area contributed by atoms with Crippen molar-refractivity contribution < 1.29 is 13.2 Å². The van der Waals surface area contributed by atoms with E-state index in [0.29, 0.717) is 24.6 Å². The number of amides is 1. The third kappa shape index (κ3) is 3.56. The van der Waals surface area contributed by atoms with Crippen molar-refractivity contribution in [3.8, 4) is 0 Å². The molecule has 1 atom stereocenters. The van der Waals surface area contributed by atoms with Gasteiger partial charge in [-0.15, -0.1) is 0 Å². The third-order valence-corrected chi connectivity index (χ3v) is 6.42. The topological polar surface area (TPSA) is 71.8 Å². The Morgan fingerprint density at radius 1 is 1.40 bits per heavy atom. The minimum absolute atomic E-state index is 0.0528. The van der Waals surface area contributed by atoms with E-state index in [9.17, 15) is 13.2 Å². The summed E-state index contributed by atoms with van der Waals surface area (Å²) in [5.74, 6) is 1.32. The zero-order valence-corrected chi connectivity index (χ0v) is 15.8. The Kier molecular flexibility index (Phi) is 4.86. The molecule has 2 aromatic rings. The number of pyridine rings is 1. The standard InChI is InChI=1S/C18H25N3O3S/c1-4-20(14-8-10-25(23,24)12-14)18(22)17-15-7-5-6-9-21(15)16(19-17)11-13(2)3/h5-7,9,13-14H,4,8,10-12H2,1-3H3. The Morgan fingerprint density at radius 2 is 2.16 bits per heavy atom. The van der Waals surface area contributed by atoms with Crippen molar-refractivity contribution in [3.05, 3.63) is 35.9 Å². The van der Waals surface area contributed by atoms with Crippen molar-refractivity contribution in [2.75, 3.05) is 18.1 Å². The molecule has 0 spiro atoms.